The Morgan fingerprint density at radius 3 is 2.86 bits per heavy atom. The van der Waals surface area contributed by atoms with Gasteiger partial charge in [-0.15, -0.1) is 0 Å². The number of fused-ring (bicyclic) bond motifs is 1. The standard InChI is InChI=1S/C18H20N2O/c1-3-9-20-18(15-11-19-10-8-13(15)2)16-12-21-17-7-5-4-6-14(16)17/h4-8,10-12,18,20H,3,9H2,1-2H3. The summed E-state index contributed by atoms with van der Waals surface area (Å²) in [4.78, 5) is 4.29. The largest absolute Gasteiger partial charge is 0.464 e. The summed E-state index contributed by atoms with van der Waals surface area (Å²) in [7, 11) is 0. The molecule has 0 radical (unpaired) electrons. The molecule has 1 aromatic carbocycles. The van der Waals surface area contributed by atoms with Crippen LogP contribution in [0.2, 0.25) is 0 Å². The number of benzene rings is 1. The van der Waals surface area contributed by atoms with Crippen LogP contribution in [0.25, 0.3) is 11.0 Å². The van der Waals surface area contributed by atoms with Crippen molar-refractivity contribution >= 4 is 11.0 Å². The monoisotopic (exact) mass is 280 g/mol. The molecule has 0 saturated carbocycles. The molecule has 3 rings (SSSR count). The average Bonchev–Trinajstić information content (AvgIpc) is 2.93. The van der Waals surface area contributed by atoms with Gasteiger partial charge in [-0.3, -0.25) is 4.98 Å². The molecule has 0 aliphatic heterocycles. The van der Waals surface area contributed by atoms with Gasteiger partial charge >= 0.3 is 0 Å². The van der Waals surface area contributed by atoms with Gasteiger partial charge in [-0.25, -0.2) is 0 Å². The zero-order chi connectivity index (χ0) is 14.7. The first-order chi connectivity index (χ1) is 10.3. The van der Waals surface area contributed by atoms with Gasteiger partial charge in [-0.2, -0.15) is 0 Å². The lowest BCUT2D eigenvalue weighted by atomic mass is 9.96. The summed E-state index contributed by atoms with van der Waals surface area (Å²) < 4.78 is 5.71. The molecule has 0 aliphatic rings. The molecule has 0 bridgehead atoms. The second kappa shape index (κ2) is 6.10. The van der Waals surface area contributed by atoms with Crippen molar-refractivity contribution in [1.29, 1.82) is 0 Å². The lowest BCUT2D eigenvalue weighted by molar-refractivity contribution is 0.570. The number of furan rings is 1. The van der Waals surface area contributed by atoms with Crippen LogP contribution >= 0.6 is 0 Å². The molecule has 1 atom stereocenters. The van der Waals surface area contributed by atoms with E-state index in [1.165, 1.54) is 16.7 Å². The maximum atomic E-state index is 5.71. The molecule has 3 nitrogen and oxygen atoms in total. The lowest BCUT2D eigenvalue weighted by Gasteiger charge is -2.19. The Hall–Kier alpha value is -2.13. The number of nitrogens with one attached hydrogen (secondary N) is 1. The first-order valence-corrected chi connectivity index (χ1v) is 7.41. The third kappa shape index (κ3) is 2.69. The summed E-state index contributed by atoms with van der Waals surface area (Å²) in [5.41, 5.74) is 4.55. The summed E-state index contributed by atoms with van der Waals surface area (Å²) >= 11 is 0. The third-order valence-corrected chi connectivity index (χ3v) is 3.81. The van der Waals surface area contributed by atoms with Crippen molar-refractivity contribution < 1.29 is 4.42 Å². The van der Waals surface area contributed by atoms with E-state index in [1.807, 2.05) is 36.9 Å². The van der Waals surface area contributed by atoms with Crippen LogP contribution in [0.3, 0.4) is 0 Å². The highest BCUT2D eigenvalue weighted by atomic mass is 16.3. The minimum absolute atomic E-state index is 0.113. The van der Waals surface area contributed by atoms with Crippen molar-refractivity contribution in [2.45, 2.75) is 26.3 Å². The summed E-state index contributed by atoms with van der Waals surface area (Å²) in [5.74, 6) is 0. The molecule has 108 valence electrons. The fraction of sp³-hybridized carbons (Fsp3) is 0.278. The minimum Gasteiger partial charge on any atom is -0.464 e. The number of hydrogen-bond donors (Lipinski definition) is 1. The minimum atomic E-state index is 0.113. The third-order valence-electron chi connectivity index (χ3n) is 3.81. The second-order valence-corrected chi connectivity index (χ2v) is 5.31. The van der Waals surface area contributed by atoms with Crippen LogP contribution in [0.1, 0.15) is 36.1 Å². The van der Waals surface area contributed by atoms with E-state index in [9.17, 15) is 0 Å². The molecular weight excluding hydrogens is 260 g/mol. The molecule has 0 aliphatic carbocycles. The number of pyridine rings is 1. The van der Waals surface area contributed by atoms with Gasteiger partial charge in [-0.1, -0.05) is 25.1 Å². The Bertz CT molecular complexity index is 733. The summed E-state index contributed by atoms with van der Waals surface area (Å²) in [5, 5.41) is 4.78. The van der Waals surface area contributed by atoms with Crippen LogP contribution in [0.15, 0.2) is 53.4 Å². The molecule has 3 heteroatoms. The molecule has 0 saturated heterocycles. The van der Waals surface area contributed by atoms with Gasteiger partial charge < -0.3 is 9.73 Å². The number of para-hydroxylation sites is 1. The lowest BCUT2D eigenvalue weighted by Crippen LogP contribution is -2.23. The van der Waals surface area contributed by atoms with Crippen LogP contribution in [0.5, 0.6) is 0 Å². The number of aryl methyl sites for hydroxylation is 1. The van der Waals surface area contributed by atoms with E-state index in [-0.39, 0.29) is 6.04 Å². The van der Waals surface area contributed by atoms with E-state index in [0.717, 1.165) is 23.9 Å². The highest BCUT2D eigenvalue weighted by Gasteiger charge is 2.20. The van der Waals surface area contributed by atoms with Crippen molar-refractivity contribution in [3.63, 3.8) is 0 Å². The number of hydrogen-bond acceptors (Lipinski definition) is 3. The average molecular weight is 280 g/mol. The summed E-state index contributed by atoms with van der Waals surface area (Å²) in [6.07, 6.45) is 6.74. The number of rotatable bonds is 5. The molecule has 0 spiro atoms. The highest BCUT2D eigenvalue weighted by Crippen LogP contribution is 2.31. The van der Waals surface area contributed by atoms with E-state index < -0.39 is 0 Å². The Morgan fingerprint density at radius 1 is 1.19 bits per heavy atom. The normalized spacial score (nSPS) is 12.7. The van der Waals surface area contributed by atoms with Crippen LogP contribution in [0.4, 0.5) is 0 Å². The van der Waals surface area contributed by atoms with Crippen molar-refractivity contribution in [3.05, 3.63) is 65.7 Å². The van der Waals surface area contributed by atoms with Gasteiger partial charge in [-0.05, 0) is 43.1 Å². The van der Waals surface area contributed by atoms with Crippen LogP contribution in [-0.2, 0) is 0 Å². The van der Waals surface area contributed by atoms with Gasteiger partial charge in [0.25, 0.3) is 0 Å². The Balaban J connectivity index is 2.09. The summed E-state index contributed by atoms with van der Waals surface area (Å²) in [6, 6.07) is 10.3. The molecule has 0 amide bonds. The number of nitrogens with zero attached hydrogens (tertiary/aromatic N) is 1. The predicted octanol–water partition coefficient (Wildman–Crippen LogP) is 4.23. The van der Waals surface area contributed by atoms with Gasteiger partial charge in [0, 0.05) is 23.3 Å². The highest BCUT2D eigenvalue weighted by molar-refractivity contribution is 5.82. The fourth-order valence-electron chi connectivity index (χ4n) is 2.68. The molecule has 3 aromatic rings. The van der Waals surface area contributed by atoms with Crippen molar-refractivity contribution in [1.82, 2.24) is 10.3 Å². The summed E-state index contributed by atoms with van der Waals surface area (Å²) in [6.45, 7) is 5.26. The van der Waals surface area contributed by atoms with Crippen LogP contribution in [-0.4, -0.2) is 11.5 Å². The molecule has 0 fully saturated rings. The van der Waals surface area contributed by atoms with E-state index in [1.54, 1.807) is 0 Å². The van der Waals surface area contributed by atoms with Gasteiger partial charge in [0.05, 0.1) is 12.3 Å². The van der Waals surface area contributed by atoms with Crippen molar-refractivity contribution in [2.24, 2.45) is 0 Å². The van der Waals surface area contributed by atoms with Crippen molar-refractivity contribution in [3.8, 4) is 0 Å². The molecule has 21 heavy (non-hydrogen) atoms. The van der Waals surface area contributed by atoms with E-state index in [2.05, 4.69) is 36.3 Å². The van der Waals surface area contributed by atoms with Crippen LogP contribution < -0.4 is 5.32 Å². The first kappa shape index (κ1) is 13.8. The van der Waals surface area contributed by atoms with E-state index in [0.29, 0.717) is 0 Å². The Morgan fingerprint density at radius 2 is 2.05 bits per heavy atom. The number of aromatic nitrogens is 1. The van der Waals surface area contributed by atoms with E-state index >= 15 is 0 Å². The maximum Gasteiger partial charge on any atom is 0.134 e. The first-order valence-electron chi connectivity index (χ1n) is 7.41. The van der Waals surface area contributed by atoms with Gasteiger partial charge in [0.15, 0.2) is 0 Å². The molecule has 2 aromatic heterocycles. The molecule has 1 N–H and O–H groups in total. The van der Waals surface area contributed by atoms with Crippen molar-refractivity contribution in [2.75, 3.05) is 6.54 Å². The van der Waals surface area contributed by atoms with E-state index in [4.69, 9.17) is 4.42 Å². The quantitative estimate of drug-likeness (QED) is 0.760. The zero-order valence-electron chi connectivity index (χ0n) is 12.5. The van der Waals surface area contributed by atoms with Crippen LogP contribution in [0, 0.1) is 6.92 Å². The predicted molar refractivity (Wildman–Crippen MR) is 85.3 cm³/mol. The SMILES string of the molecule is CCCNC(c1cnccc1C)c1coc2ccccc12. The maximum absolute atomic E-state index is 5.71. The van der Waals surface area contributed by atoms with Gasteiger partial charge in [0.1, 0.15) is 5.58 Å². The molecular formula is C18H20N2O. The smallest absolute Gasteiger partial charge is 0.134 e. The molecule has 2 heterocycles. The van der Waals surface area contributed by atoms with Gasteiger partial charge in [0.2, 0.25) is 0 Å². The Kier molecular flexibility index (Phi) is 4.02. The topological polar surface area (TPSA) is 38.1 Å². The Labute approximate surface area is 125 Å². The zero-order valence-corrected chi connectivity index (χ0v) is 12.5. The fourth-order valence-corrected chi connectivity index (χ4v) is 2.68. The second-order valence-electron chi connectivity index (χ2n) is 5.31. The molecule has 1 unspecified atom stereocenters.